The number of rotatable bonds is 6. The van der Waals surface area contributed by atoms with E-state index in [9.17, 15) is 9.59 Å². The molecule has 21 heavy (non-hydrogen) atoms. The summed E-state index contributed by atoms with van der Waals surface area (Å²) in [5.74, 6) is -1.47. The Bertz CT molecular complexity index is 652. The molecule has 0 saturated carbocycles. The molecular formula is C15H17N3O3. The highest BCUT2D eigenvalue weighted by atomic mass is 16.4. The van der Waals surface area contributed by atoms with Crippen LogP contribution in [0.25, 0.3) is 11.0 Å². The Morgan fingerprint density at radius 1 is 1.29 bits per heavy atom. The Morgan fingerprint density at radius 2 is 2.05 bits per heavy atom. The molecule has 110 valence electrons. The number of aromatic nitrogens is 2. The van der Waals surface area contributed by atoms with Gasteiger partial charge in [-0.2, -0.15) is 0 Å². The average molecular weight is 287 g/mol. The van der Waals surface area contributed by atoms with Crippen molar-refractivity contribution in [3.05, 3.63) is 36.2 Å². The largest absolute Gasteiger partial charge is 0.480 e. The van der Waals surface area contributed by atoms with Gasteiger partial charge < -0.3 is 10.4 Å². The Kier molecular flexibility index (Phi) is 4.81. The van der Waals surface area contributed by atoms with Gasteiger partial charge in [0.25, 0.3) is 5.91 Å². The van der Waals surface area contributed by atoms with Gasteiger partial charge in [0.15, 0.2) is 0 Å². The maximum atomic E-state index is 12.3. The van der Waals surface area contributed by atoms with Crippen LogP contribution in [0.3, 0.4) is 0 Å². The van der Waals surface area contributed by atoms with Crippen molar-refractivity contribution in [3.63, 3.8) is 0 Å². The van der Waals surface area contributed by atoms with Crippen LogP contribution in [0.5, 0.6) is 0 Å². The molecule has 0 radical (unpaired) electrons. The highest BCUT2D eigenvalue weighted by molar-refractivity contribution is 6.05. The second-order valence-corrected chi connectivity index (χ2v) is 4.74. The first-order valence-corrected chi connectivity index (χ1v) is 6.87. The lowest BCUT2D eigenvalue weighted by Crippen LogP contribution is -2.40. The van der Waals surface area contributed by atoms with E-state index in [-0.39, 0.29) is 0 Å². The number of hydrogen-bond donors (Lipinski definition) is 2. The molecule has 0 aliphatic heterocycles. The number of amides is 1. The molecule has 0 spiro atoms. The lowest BCUT2D eigenvalue weighted by molar-refractivity contribution is -0.139. The summed E-state index contributed by atoms with van der Waals surface area (Å²) in [6.07, 6.45) is 5.08. The minimum atomic E-state index is -1.02. The minimum Gasteiger partial charge on any atom is -0.480 e. The summed E-state index contributed by atoms with van der Waals surface area (Å²) in [6.45, 7) is 1.97. The topological polar surface area (TPSA) is 92.2 Å². The van der Waals surface area contributed by atoms with Crippen LogP contribution in [0.4, 0.5) is 0 Å². The molecular weight excluding hydrogens is 270 g/mol. The number of hydrogen-bond acceptors (Lipinski definition) is 4. The molecule has 0 aliphatic carbocycles. The van der Waals surface area contributed by atoms with Gasteiger partial charge in [-0.15, -0.1) is 0 Å². The zero-order valence-electron chi connectivity index (χ0n) is 11.7. The molecule has 6 nitrogen and oxygen atoms in total. The number of unbranched alkanes of at least 4 members (excludes halogenated alkanes) is 1. The maximum absolute atomic E-state index is 12.3. The summed E-state index contributed by atoms with van der Waals surface area (Å²) >= 11 is 0. The molecule has 6 heteroatoms. The van der Waals surface area contributed by atoms with E-state index >= 15 is 0 Å². The van der Waals surface area contributed by atoms with Gasteiger partial charge in [0.05, 0.1) is 11.1 Å². The van der Waals surface area contributed by atoms with Gasteiger partial charge in [-0.25, -0.2) is 4.79 Å². The van der Waals surface area contributed by atoms with Gasteiger partial charge in [-0.1, -0.05) is 25.8 Å². The van der Waals surface area contributed by atoms with Crippen LogP contribution in [0.2, 0.25) is 0 Å². The van der Waals surface area contributed by atoms with Crippen LogP contribution >= 0.6 is 0 Å². The molecule has 0 fully saturated rings. The SMILES string of the molecule is CCCC[C@H](NC(=O)c1cccc2nccnc12)C(=O)O. The summed E-state index contributed by atoms with van der Waals surface area (Å²) in [7, 11) is 0. The number of nitrogens with zero attached hydrogens (tertiary/aromatic N) is 2. The number of carbonyl (C=O) groups is 2. The molecule has 2 rings (SSSR count). The number of para-hydroxylation sites is 1. The highest BCUT2D eigenvalue weighted by Crippen LogP contribution is 2.14. The number of carboxylic acids is 1. The molecule has 0 unspecified atom stereocenters. The average Bonchev–Trinajstić information content (AvgIpc) is 2.50. The third-order valence-electron chi connectivity index (χ3n) is 3.19. The molecule has 1 aromatic carbocycles. The van der Waals surface area contributed by atoms with E-state index in [2.05, 4.69) is 15.3 Å². The van der Waals surface area contributed by atoms with Crippen molar-refractivity contribution in [3.8, 4) is 0 Å². The fourth-order valence-electron chi connectivity index (χ4n) is 2.08. The monoisotopic (exact) mass is 287 g/mol. The quantitative estimate of drug-likeness (QED) is 0.847. The standard InChI is InChI=1S/C15H17N3O3/c1-2-3-6-12(15(20)21)18-14(19)10-5-4-7-11-13(10)17-9-8-16-11/h4-5,7-9,12H,2-3,6H2,1H3,(H,18,19)(H,20,21)/t12-/m0/s1. The van der Waals surface area contributed by atoms with E-state index in [4.69, 9.17) is 5.11 Å². The van der Waals surface area contributed by atoms with E-state index in [0.29, 0.717) is 23.0 Å². The first-order valence-electron chi connectivity index (χ1n) is 6.87. The van der Waals surface area contributed by atoms with Crippen molar-refractivity contribution in [2.75, 3.05) is 0 Å². The molecule has 2 N–H and O–H groups in total. The Labute approximate surface area is 122 Å². The van der Waals surface area contributed by atoms with E-state index in [1.54, 1.807) is 24.4 Å². The molecule has 2 aromatic rings. The first-order chi connectivity index (χ1) is 10.1. The van der Waals surface area contributed by atoms with Crippen LogP contribution in [0, 0.1) is 0 Å². The normalized spacial score (nSPS) is 12.0. The predicted molar refractivity (Wildman–Crippen MR) is 78.0 cm³/mol. The van der Waals surface area contributed by atoms with Gasteiger partial charge >= 0.3 is 5.97 Å². The molecule has 0 bridgehead atoms. The second kappa shape index (κ2) is 6.78. The van der Waals surface area contributed by atoms with E-state index in [1.807, 2.05) is 6.92 Å². The van der Waals surface area contributed by atoms with Crippen molar-refractivity contribution in [2.45, 2.75) is 32.2 Å². The molecule has 0 saturated heterocycles. The van der Waals surface area contributed by atoms with Crippen molar-refractivity contribution < 1.29 is 14.7 Å². The van der Waals surface area contributed by atoms with Crippen LogP contribution < -0.4 is 5.32 Å². The summed E-state index contributed by atoms with van der Waals surface area (Å²) in [4.78, 5) is 31.8. The lowest BCUT2D eigenvalue weighted by Gasteiger charge is -2.14. The zero-order chi connectivity index (χ0) is 15.2. The van der Waals surface area contributed by atoms with Crippen LogP contribution in [0.1, 0.15) is 36.5 Å². The molecule has 1 amide bonds. The molecule has 0 aliphatic rings. The third kappa shape index (κ3) is 3.53. The second-order valence-electron chi connectivity index (χ2n) is 4.74. The van der Waals surface area contributed by atoms with Crippen molar-refractivity contribution in [2.24, 2.45) is 0 Å². The third-order valence-corrected chi connectivity index (χ3v) is 3.19. The predicted octanol–water partition coefficient (Wildman–Crippen LogP) is 2.00. The maximum Gasteiger partial charge on any atom is 0.326 e. The van der Waals surface area contributed by atoms with E-state index in [0.717, 1.165) is 12.8 Å². The number of carbonyl (C=O) groups excluding carboxylic acids is 1. The van der Waals surface area contributed by atoms with Gasteiger partial charge in [0.2, 0.25) is 0 Å². The first kappa shape index (κ1) is 14.9. The van der Waals surface area contributed by atoms with Gasteiger partial charge in [-0.05, 0) is 18.6 Å². The van der Waals surface area contributed by atoms with E-state index < -0.39 is 17.9 Å². The summed E-state index contributed by atoms with van der Waals surface area (Å²) in [5.41, 5.74) is 1.41. The summed E-state index contributed by atoms with van der Waals surface area (Å²) in [6, 6.07) is 4.19. The summed E-state index contributed by atoms with van der Waals surface area (Å²) in [5, 5.41) is 11.7. The Balaban J connectivity index is 2.23. The Morgan fingerprint density at radius 3 is 2.76 bits per heavy atom. The molecule has 1 atom stereocenters. The Hall–Kier alpha value is -2.50. The molecule has 1 heterocycles. The van der Waals surface area contributed by atoms with Crippen LogP contribution in [-0.2, 0) is 4.79 Å². The molecule has 1 aromatic heterocycles. The van der Waals surface area contributed by atoms with Crippen molar-refractivity contribution >= 4 is 22.9 Å². The van der Waals surface area contributed by atoms with Crippen LogP contribution in [-0.4, -0.2) is 33.0 Å². The number of fused-ring (bicyclic) bond motifs is 1. The minimum absolute atomic E-state index is 0.336. The van der Waals surface area contributed by atoms with Crippen molar-refractivity contribution in [1.82, 2.24) is 15.3 Å². The van der Waals surface area contributed by atoms with Gasteiger partial charge in [-0.3, -0.25) is 14.8 Å². The number of aliphatic carboxylic acids is 1. The van der Waals surface area contributed by atoms with Gasteiger partial charge in [0, 0.05) is 12.4 Å². The fraction of sp³-hybridized carbons (Fsp3) is 0.333. The summed E-state index contributed by atoms with van der Waals surface area (Å²) < 4.78 is 0. The number of benzene rings is 1. The van der Waals surface area contributed by atoms with Crippen LogP contribution in [0.15, 0.2) is 30.6 Å². The zero-order valence-corrected chi connectivity index (χ0v) is 11.7. The number of nitrogens with one attached hydrogen (secondary N) is 1. The van der Waals surface area contributed by atoms with E-state index in [1.165, 1.54) is 6.20 Å². The van der Waals surface area contributed by atoms with Gasteiger partial charge in [0.1, 0.15) is 11.6 Å². The number of carboxylic acid groups (broad SMARTS) is 1. The van der Waals surface area contributed by atoms with Crippen molar-refractivity contribution in [1.29, 1.82) is 0 Å². The highest BCUT2D eigenvalue weighted by Gasteiger charge is 2.21. The fourth-order valence-corrected chi connectivity index (χ4v) is 2.08. The smallest absolute Gasteiger partial charge is 0.326 e. The lowest BCUT2D eigenvalue weighted by atomic mass is 10.1.